The summed E-state index contributed by atoms with van der Waals surface area (Å²) in [4.78, 5) is 12.6. The largest absolute Gasteiger partial charge is 0.493 e. The molecule has 1 fully saturated rings. The minimum absolute atomic E-state index is 0. The van der Waals surface area contributed by atoms with Gasteiger partial charge in [-0.25, -0.2) is 0 Å². The van der Waals surface area contributed by atoms with Crippen molar-refractivity contribution < 1.29 is 19.0 Å². The van der Waals surface area contributed by atoms with Gasteiger partial charge in [0.1, 0.15) is 0 Å². The van der Waals surface area contributed by atoms with Gasteiger partial charge in [-0.15, -0.1) is 12.4 Å². The number of ether oxygens (including phenoxy) is 3. The van der Waals surface area contributed by atoms with Gasteiger partial charge in [0, 0.05) is 13.2 Å². The van der Waals surface area contributed by atoms with E-state index in [4.69, 9.17) is 19.9 Å². The molecule has 0 aliphatic carbocycles. The number of benzene rings is 1. The molecule has 0 radical (unpaired) electrons. The molecule has 0 saturated carbocycles. The second-order valence-corrected chi connectivity index (χ2v) is 7.08. The lowest BCUT2D eigenvalue weighted by Crippen LogP contribution is -2.57. The maximum absolute atomic E-state index is 12.6. The molecule has 1 aliphatic rings. The van der Waals surface area contributed by atoms with Gasteiger partial charge in [0.25, 0.3) is 0 Å². The molecule has 1 heterocycles. The van der Waals surface area contributed by atoms with Gasteiger partial charge in [-0.1, -0.05) is 19.9 Å². The fourth-order valence-electron chi connectivity index (χ4n) is 2.72. The normalized spacial score (nSPS) is 17.2. The highest BCUT2D eigenvalue weighted by atomic mass is 35.5. The summed E-state index contributed by atoms with van der Waals surface area (Å²) in [5, 5.41) is 3.01. The van der Waals surface area contributed by atoms with Gasteiger partial charge in [-0.2, -0.15) is 0 Å². The van der Waals surface area contributed by atoms with Gasteiger partial charge in [0.2, 0.25) is 5.91 Å². The van der Waals surface area contributed by atoms with Crippen molar-refractivity contribution in [1.29, 1.82) is 0 Å². The standard InChI is InChI=1S/C19H30N2O4.ClH/c1-13(2)12-25-16-6-5-15(11-17(16)23-4)14(3)21-18(22)19(20)7-9-24-10-8-19;/h5-6,11,13-14H,7-10,12,20H2,1-4H3,(H,21,22);1H. The minimum atomic E-state index is -0.850. The highest BCUT2D eigenvalue weighted by Crippen LogP contribution is 2.31. The molecule has 0 aromatic heterocycles. The van der Waals surface area contributed by atoms with Gasteiger partial charge < -0.3 is 25.3 Å². The molecule has 0 bridgehead atoms. The van der Waals surface area contributed by atoms with Gasteiger partial charge in [-0.3, -0.25) is 4.79 Å². The first-order chi connectivity index (χ1) is 11.9. The number of nitrogens with one attached hydrogen (secondary N) is 1. The molecule has 6 nitrogen and oxygen atoms in total. The zero-order valence-electron chi connectivity index (χ0n) is 16.0. The number of carbonyl (C=O) groups is 1. The van der Waals surface area contributed by atoms with Gasteiger partial charge in [0.15, 0.2) is 11.5 Å². The average molecular weight is 387 g/mol. The third-order valence-electron chi connectivity index (χ3n) is 4.44. The molecule has 1 unspecified atom stereocenters. The number of halogens is 1. The Labute approximate surface area is 162 Å². The zero-order chi connectivity index (χ0) is 18.4. The number of hydrogen-bond donors (Lipinski definition) is 2. The molecule has 1 aromatic rings. The van der Waals surface area contributed by atoms with Crippen molar-refractivity contribution >= 4 is 18.3 Å². The summed E-state index contributed by atoms with van der Waals surface area (Å²) in [6.45, 7) is 7.79. The second-order valence-electron chi connectivity index (χ2n) is 7.08. The van der Waals surface area contributed by atoms with Crippen molar-refractivity contribution in [2.75, 3.05) is 26.9 Å². The maximum atomic E-state index is 12.6. The van der Waals surface area contributed by atoms with Crippen LogP contribution in [0.15, 0.2) is 18.2 Å². The number of amides is 1. The van der Waals surface area contributed by atoms with Crippen molar-refractivity contribution in [1.82, 2.24) is 5.32 Å². The Morgan fingerprint density at radius 3 is 2.50 bits per heavy atom. The Morgan fingerprint density at radius 2 is 1.92 bits per heavy atom. The van der Waals surface area contributed by atoms with Crippen molar-refractivity contribution in [3.8, 4) is 11.5 Å². The smallest absolute Gasteiger partial charge is 0.240 e. The van der Waals surface area contributed by atoms with Gasteiger partial charge >= 0.3 is 0 Å². The predicted octanol–water partition coefficient (Wildman–Crippen LogP) is 2.84. The van der Waals surface area contributed by atoms with Crippen LogP contribution in [-0.2, 0) is 9.53 Å². The van der Waals surface area contributed by atoms with Crippen molar-refractivity contribution in [3.63, 3.8) is 0 Å². The summed E-state index contributed by atoms with van der Waals surface area (Å²) in [6.07, 6.45) is 1.08. The molecule has 1 aromatic carbocycles. The number of methoxy groups -OCH3 is 1. The lowest BCUT2D eigenvalue weighted by molar-refractivity contribution is -0.130. The molecule has 7 heteroatoms. The lowest BCUT2D eigenvalue weighted by Gasteiger charge is -2.33. The van der Waals surface area contributed by atoms with E-state index in [1.54, 1.807) is 7.11 Å². The van der Waals surface area contributed by atoms with Crippen LogP contribution in [0, 0.1) is 5.92 Å². The molecule has 2 rings (SSSR count). The first-order valence-electron chi connectivity index (χ1n) is 8.84. The van der Waals surface area contributed by atoms with Crippen LogP contribution in [0.25, 0.3) is 0 Å². The Kier molecular flexibility index (Phi) is 8.67. The molecule has 26 heavy (non-hydrogen) atoms. The van der Waals surface area contributed by atoms with E-state index in [1.165, 1.54) is 0 Å². The first-order valence-corrected chi connectivity index (χ1v) is 8.84. The summed E-state index contributed by atoms with van der Waals surface area (Å²) in [6, 6.07) is 5.54. The third kappa shape index (κ3) is 5.76. The van der Waals surface area contributed by atoms with Crippen LogP contribution in [-0.4, -0.2) is 38.4 Å². The maximum Gasteiger partial charge on any atom is 0.240 e. The highest BCUT2D eigenvalue weighted by molar-refractivity contribution is 5.86. The predicted molar refractivity (Wildman–Crippen MR) is 104 cm³/mol. The first kappa shape index (κ1) is 22.5. The van der Waals surface area contributed by atoms with Crippen molar-refractivity contribution in [2.24, 2.45) is 11.7 Å². The molecule has 1 atom stereocenters. The van der Waals surface area contributed by atoms with Gasteiger partial charge in [0.05, 0.1) is 25.3 Å². The SMILES string of the molecule is COc1cc(C(C)NC(=O)C2(N)CCOCC2)ccc1OCC(C)C.Cl. The van der Waals surface area contributed by atoms with Crippen LogP contribution >= 0.6 is 12.4 Å². The number of hydrogen-bond acceptors (Lipinski definition) is 5. The Morgan fingerprint density at radius 1 is 1.27 bits per heavy atom. The molecule has 1 amide bonds. The van der Waals surface area contributed by atoms with Crippen LogP contribution in [0.4, 0.5) is 0 Å². The quantitative estimate of drug-likeness (QED) is 0.752. The topological polar surface area (TPSA) is 82.8 Å². The average Bonchev–Trinajstić information content (AvgIpc) is 2.60. The summed E-state index contributed by atoms with van der Waals surface area (Å²) in [5.74, 6) is 1.66. The molecule has 148 valence electrons. The number of nitrogens with two attached hydrogens (primary N) is 1. The molecule has 3 N–H and O–H groups in total. The van der Waals surface area contributed by atoms with Gasteiger partial charge in [-0.05, 0) is 43.4 Å². The van der Waals surface area contributed by atoms with E-state index in [9.17, 15) is 4.79 Å². The van der Waals surface area contributed by atoms with Crippen molar-refractivity contribution in [2.45, 2.75) is 45.2 Å². The fraction of sp³-hybridized carbons (Fsp3) is 0.632. The number of rotatable bonds is 7. The summed E-state index contributed by atoms with van der Waals surface area (Å²) in [7, 11) is 1.61. The van der Waals surface area contributed by atoms with E-state index in [-0.39, 0.29) is 24.4 Å². The minimum Gasteiger partial charge on any atom is -0.493 e. The highest BCUT2D eigenvalue weighted by Gasteiger charge is 2.36. The summed E-state index contributed by atoms with van der Waals surface area (Å²) >= 11 is 0. The van der Waals surface area contributed by atoms with Crippen LogP contribution in [0.2, 0.25) is 0 Å². The zero-order valence-corrected chi connectivity index (χ0v) is 16.9. The van der Waals surface area contributed by atoms with Crippen LogP contribution in [0.5, 0.6) is 11.5 Å². The second kappa shape index (κ2) is 10.00. The fourth-order valence-corrected chi connectivity index (χ4v) is 2.72. The van der Waals surface area contributed by atoms with E-state index in [1.807, 2.05) is 25.1 Å². The van der Waals surface area contributed by atoms with E-state index in [0.29, 0.717) is 50.1 Å². The molecule has 1 aliphatic heterocycles. The molecular formula is C19H31ClN2O4. The Bertz CT molecular complexity index is 589. The Hall–Kier alpha value is -1.50. The van der Waals surface area contributed by atoms with E-state index < -0.39 is 5.54 Å². The van der Waals surface area contributed by atoms with E-state index >= 15 is 0 Å². The third-order valence-corrected chi connectivity index (χ3v) is 4.44. The summed E-state index contributed by atoms with van der Waals surface area (Å²) < 4.78 is 16.5. The lowest BCUT2D eigenvalue weighted by atomic mass is 9.90. The molecule has 1 saturated heterocycles. The molecule has 0 spiro atoms. The van der Waals surface area contributed by atoms with Crippen LogP contribution in [0.1, 0.15) is 45.2 Å². The number of carbonyl (C=O) groups excluding carboxylic acids is 1. The van der Waals surface area contributed by atoms with E-state index in [2.05, 4.69) is 19.2 Å². The summed E-state index contributed by atoms with van der Waals surface area (Å²) in [5.41, 5.74) is 6.33. The Balaban J connectivity index is 0.00000338. The van der Waals surface area contributed by atoms with Crippen LogP contribution in [0.3, 0.4) is 0 Å². The van der Waals surface area contributed by atoms with E-state index in [0.717, 1.165) is 5.56 Å². The van der Waals surface area contributed by atoms with Crippen LogP contribution < -0.4 is 20.5 Å². The van der Waals surface area contributed by atoms with Crippen molar-refractivity contribution in [3.05, 3.63) is 23.8 Å². The molecular weight excluding hydrogens is 356 g/mol. The monoisotopic (exact) mass is 386 g/mol.